The summed E-state index contributed by atoms with van der Waals surface area (Å²) >= 11 is 5.71. The summed E-state index contributed by atoms with van der Waals surface area (Å²) in [5, 5.41) is 0.107. The van der Waals surface area contributed by atoms with E-state index in [1.807, 2.05) is 18.2 Å². The minimum atomic E-state index is -0.449. The minimum absolute atomic E-state index is 0.107. The van der Waals surface area contributed by atoms with Gasteiger partial charge in [0.25, 0.3) is 0 Å². The van der Waals surface area contributed by atoms with E-state index < -0.39 is 5.82 Å². The molecule has 1 atom stereocenters. The summed E-state index contributed by atoms with van der Waals surface area (Å²) in [5.74, 6) is 0.452. The molecule has 2 aromatic carbocycles. The summed E-state index contributed by atoms with van der Waals surface area (Å²) in [5.41, 5.74) is 8.85. The molecule has 21 heavy (non-hydrogen) atoms. The first-order chi connectivity index (χ1) is 9.85. The molecule has 1 aliphatic rings. The first-order valence-corrected chi connectivity index (χ1v) is 7.26. The molecule has 0 saturated heterocycles. The first-order valence-electron chi connectivity index (χ1n) is 6.88. The normalized spacial score (nSPS) is 17.2. The summed E-state index contributed by atoms with van der Waals surface area (Å²) < 4.78 is 19.4. The quantitative estimate of drug-likeness (QED) is 0.900. The molecule has 3 rings (SSSR count). The molecule has 2 N–H and O–H groups in total. The van der Waals surface area contributed by atoms with Gasteiger partial charge in [0.05, 0.1) is 11.1 Å². The van der Waals surface area contributed by atoms with Crippen molar-refractivity contribution in [2.24, 2.45) is 5.73 Å². The van der Waals surface area contributed by atoms with E-state index in [0.29, 0.717) is 5.56 Å². The third-order valence-corrected chi connectivity index (χ3v) is 4.06. The maximum Gasteiger partial charge on any atom is 0.142 e. The Morgan fingerprint density at radius 3 is 2.57 bits per heavy atom. The monoisotopic (exact) mass is 305 g/mol. The third-order valence-electron chi connectivity index (χ3n) is 3.75. The van der Waals surface area contributed by atoms with Gasteiger partial charge in [-0.3, -0.25) is 0 Å². The predicted octanol–water partition coefficient (Wildman–Crippen LogP) is 4.24. The van der Waals surface area contributed by atoms with Crippen molar-refractivity contribution in [2.45, 2.75) is 31.9 Å². The Morgan fingerprint density at radius 2 is 1.86 bits per heavy atom. The average molecular weight is 306 g/mol. The smallest absolute Gasteiger partial charge is 0.142 e. The number of benzene rings is 2. The molecule has 2 aromatic rings. The van der Waals surface area contributed by atoms with Crippen molar-refractivity contribution in [1.82, 2.24) is 0 Å². The molecule has 110 valence electrons. The zero-order valence-corrected chi connectivity index (χ0v) is 12.7. The number of ether oxygens (including phenoxy) is 1. The summed E-state index contributed by atoms with van der Waals surface area (Å²) in [6.07, 6.45) is 0.845. The number of hydrogen-bond donors (Lipinski definition) is 1. The van der Waals surface area contributed by atoms with Gasteiger partial charge in [0.15, 0.2) is 0 Å². The SMILES string of the molecule is CC1(C)Cc2cc(C(N)c3ccc(Cl)c(F)c3)ccc2O1. The number of rotatable bonds is 2. The Balaban J connectivity index is 1.93. The van der Waals surface area contributed by atoms with Crippen molar-refractivity contribution < 1.29 is 9.13 Å². The van der Waals surface area contributed by atoms with Gasteiger partial charge in [-0.1, -0.05) is 29.8 Å². The molecule has 0 radical (unpaired) electrons. The lowest BCUT2D eigenvalue weighted by atomic mass is 9.95. The summed E-state index contributed by atoms with van der Waals surface area (Å²) in [6, 6.07) is 10.2. The van der Waals surface area contributed by atoms with E-state index in [-0.39, 0.29) is 16.7 Å². The molecule has 1 unspecified atom stereocenters. The van der Waals surface area contributed by atoms with Crippen molar-refractivity contribution in [3.63, 3.8) is 0 Å². The molecular weight excluding hydrogens is 289 g/mol. The number of nitrogens with two attached hydrogens (primary N) is 1. The van der Waals surface area contributed by atoms with Crippen LogP contribution in [0.3, 0.4) is 0 Å². The molecule has 1 heterocycles. The second-order valence-corrected chi connectivity index (χ2v) is 6.46. The van der Waals surface area contributed by atoms with Gasteiger partial charge in [-0.05, 0) is 48.7 Å². The standard InChI is InChI=1S/C17H17ClFNO/c1-17(2)9-12-7-10(4-6-15(12)21-17)16(20)11-3-5-13(18)14(19)8-11/h3-8,16H,9,20H2,1-2H3. The lowest BCUT2D eigenvalue weighted by Gasteiger charge is -2.16. The highest BCUT2D eigenvalue weighted by Gasteiger charge is 2.30. The molecule has 0 bridgehead atoms. The number of fused-ring (bicyclic) bond motifs is 1. The summed E-state index contributed by atoms with van der Waals surface area (Å²) in [6.45, 7) is 4.11. The van der Waals surface area contributed by atoms with Crippen LogP contribution in [0.5, 0.6) is 5.75 Å². The van der Waals surface area contributed by atoms with E-state index in [4.69, 9.17) is 22.1 Å². The van der Waals surface area contributed by atoms with Crippen LogP contribution in [0.4, 0.5) is 4.39 Å². The molecule has 0 amide bonds. The summed E-state index contributed by atoms with van der Waals surface area (Å²) in [7, 11) is 0. The Morgan fingerprint density at radius 1 is 1.19 bits per heavy atom. The van der Waals surface area contributed by atoms with Crippen LogP contribution in [0, 0.1) is 5.82 Å². The maximum absolute atomic E-state index is 13.6. The van der Waals surface area contributed by atoms with Crippen LogP contribution < -0.4 is 10.5 Å². The van der Waals surface area contributed by atoms with Crippen LogP contribution >= 0.6 is 11.6 Å². The molecule has 0 spiro atoms. The Bertz CT molecular complexity index is 699. The van der Waals surface area contributed by atoms with E-state index in [2.05, 4.69) is 13.8 Å². The predicted molar refractivity (Wildman–Crippen MR) is 82.3 cm³/mol. The van der Waals surface area contributed by atoms with Crippen LogP contribution in [0.1, 0.15) is 36.6 Å². The van der Waals surface area contributed by atoms with Gasteiger partial charge in [-0.15, -0.1) is 0 Å². The van der Waals surface area contributed by atoms with E-state index >= 15 is 0 Å². The highest BCUT2D eigenvalue weighted by molar-refractivity contribution is 6.30. The molecule has 0 saturated carbocycles. The zero-order valence-electron chi connectivity index (χ0n) is 12.0. The fourth-order valence-electron chi connectivity index (χ4n) is 2.72. The largest absolute Gasteiger partial charge is 0.487 e. The Hall–Kier alpha value is -1.58. The third kappa shape index (κ3) is 2.76. The second kappa shape index (κ2) is 5.00. The number of hydrogen-bond acceptors (Lipinski definition) is 2. The van der Waals surface area contributed by atoms with Crippen LogP contribution in [0.25, 0.3) is 0 Å². The van der Waals surface area contributed by atoms with Crippen molar-refractivity contribution >= 4 is 11.6 Å². The van der Waals surface area contributed by atoms with Crippen LogP contribution in [-0.2, 0) is 6.42 Å². The second-order valence-electron chi connectivity index (χ2n) is 6.06. The van der Waals surface area contributed by atoms with Crippen molar-refractivity contribution in [3.8, 4) is 5.75 Å². The van der Waals surface area contributed by atoms with Gasteiger partial charge < -0.3 is 10.5 Å². The average Bonchev–Trinajstić information content (AvgIpc) is 2.73. The lowest BCUT2D eigenvalue weighted by molar-refractivity contribution is 0.138. The highest BCUT2D eigenvalue weighted by atomic mass is 35.5. The van der Waals surface area contributed by atoms with Gasteiger partial charge in [0, 0.05) is 6.42 Å². The van der Waals surface area contributed by atoms with Gasteiger partial charge in [-0.25, -0.2) is 4.39 Å². The fraction of sp³-hybridized carbons (Fsp3) is 0.294. The fourth-order valence-corrected chi connectivity index (χ4v) is 2.84. The van der Waals surface area contributed by atoms with Crippen molar-refractivity contribution in [2.75, 3.05) is 0 Å². The minimum Gasteiger partial charge on any atom is -0.487 e. The Kier molecular flexibility index (Phi) is 3.42. The maximum atomic E-state index is 13.6. The zero-order chi connectivity index (χ0) is 15.2. The van der Waals surface area contributed by atoms with E-state index in [0.717, 1.165) is 23.3 Å². The molecule has 4 heteroatoms. The molecule has 1 aliphatic heterocycles. The van der Waals surface area contributed by atoms with Crippen LogP contribution in [0.15, 0.2) is 36.4 Å². The topological polar surface area (TPSA) is 35.2 Å². The van der Waals surface area contributed by atoms with E-state index in [1.54, 1.807) is 6.07 Å². The number of halogens is 2. The highest BCUT2D eigenvalue weighted by Crippen LogP contribution is 2.36. The first kappa shape index (κ1) is 14.4. The van der Waals surface area contributed by atoms with Crippen LogP contribution in [0.2, 0.25) is 5.02 Å². The molecule has 2 nitrogen and oxygen atoms in total. The summed E-state index contributed by atoms with van der Waals surface area (Å²) in [4.78, 5) is 0. The van der Waals surface area contributed by atoms with Crippen LogP contribution in [-0.4, -0.2) is 5.60 Å². The molecule has 0 aliphatic carbocycles. The lowest BCUT2D eigenvalue weighted by Crippen LogP contribution is -2.24. The Labute approximate surface area is 128 Å². The van der Waals surface area contributed by atoms with Gasteiger partial charge in [0.2, 0.25) is 0 Å². The molecule has 0 fully saturated rings. The molecular formula is C17H17ClFNO. The van der Waals surface area contributed by atoms with Gasteiger partial charge in [0.1, 0.15) is 17.2 Å². The van der Waals surface area contributed by atoms with Crippen molar-refractivity contribution in [3.05, 3.63) is 63.9 Å². The van der Waals surface area contributed by atoms with Crippen molar-refractivity contribution in [1.29, 1.82) is 0 Å². The molecule has 0 aromatic heterocycles. The van der Waals surface area contributed by atoms with E-state index in [9.17, 15) is 4.39 Å². The van der Waals surface area contributed by atoms with Gasteiger partial charge >= 0.3 is 0 Å². The van der Waals surface area contributed by atoms with Gasteiger partial charge in [-0.2, -0.15) is 0 Å². The van der Waals surface area contributed by atoms with E-state index in [1.165, 1.54) is 12.1 Å².